The summed E-state index contributed by atoms with van der Waals surface area (Å²) in [5, 5.41) is 25.6. The number of hydrogen-bond acceptors (Lipinski definition) is 5. The highest BCUT2D eigenvalue weighted by Crippen LogP contribution is 2.51. The van der Waals surface area contributed by atoms with Crippen molar-refractivity contribution in [1.29, 1.82) is 0 Å². The van der Waals surface area contributed by atoms with Gasteiger partial charge in [-0.2, -0.15) is 0 Å². The zero-order valence-corrected chi connectivity index (χ0v) is 13.2. The summed E-state index contributed by atoms with van der Waals surface area (Å²) >= 11 is 0. The number of nitro benzene ring substituents is 2. The second-order valence-corrected chi connectivity index (χ2v) is 6.32. The summed E-state index contributed by atoms with van der Waals surface area (Å²) in [7, 11) is 0. The summed E-state index contributed by atoms with van der Waals surface area (Å²) in [6.07, 6.45) is 5.07. The molecule has 1 heterocycles. The molecule has 0 radical (unpaired) electrons. The first kappa shape index (κ1) is 15.3. The molecule has 1 aliphatic heterocycles. The van der Waals surface area contributed by atoms with Gasteiger partial charge >= 0.3 is 0 Å². The second kappa shape index (κ2) is 5.70. The first-order valence-corrected chi connectivity index (χ1v) is 8.01. The van der Waals surface area contributed by atoms with E-state index in [0.29, 0.717) is 5.69 Å². The molecule has 0 saturated heterocycles. The minimum Gasteiger partial charge on any atom is -0.372 e. The Morgan fingerprint density at radius 1 is 1.00 bits per heavy atom. The Morgan fingerprint density at radius 2 is 1.76 bits per heavy atom. The van der Waals surface area contributed by atoms with Gasteiger partial charge in [0.2, 0.25) is 0 Å². The van der Waals surface area contributed by atoms with E-state index in [1.807, 2.05) is 6.07 Å². The Morgan fingerprint density at radius 3 is 2.44 bits per heavy atom. The van der Waals surface area contributed by atoms with Gasteiger partial charge in [0.1, 0.15) is 5.69 Å². The smallest absolute Gasteiger partial charge is 0.292 e. The van der Waals surface area contributed by atoms with E-state index in [1.165, 1.54) is 18.2 Å². The van der Waals surface area contributed by atoms with Gasteiger partial charge in [-0.05, 0) is 23.5 Å². The fourth-order valence-electron chi connectivity index (χ4n) is 3.89. The SMILES string of the molecule is O=[N+]([O-])c1ccc([C@H]2Nc3c(cccc3[N+](=O)[O-])[C@H]3C=CC[C@@H]32)cc1. The molecule has 0 amide bonds. The van der Waals surface area contributed by atoms with Gasteiger partial charge in [0.05, 0.1) is 15.9 Å². The number of allylic oxidation sites excluding steroid dienone is 2. The Labute approximate surface area is 143 Å². The third kappa shape index (κ3) is 2.44. The van der Waals surface area contributed by atoms with E-state index < -0.39 is 4.92 Å². The van der Waals surface area contributed by atoms with E-state index in [0.717, 1.165) is 17.5 Å². The molecule has 0 unspecified atom stereocenters. The lowest BCUT2D eigenvalue weighted by Gasteiger charge is -2.37. The lowest BCUT2D eigenvalue weighted by Crippen LogP contribution is -2.29. The van der Waals surface area contributed by atoms with E-state index >= 15 is 0 Å². The van der Waals surface area contributed by atoms with Crippen molar-refractivity contribution in [1.82, 2.24) is 0 Å². The Kier molecular flexibility index (Phi) is 3.49. The van der Waals surface area contributed by atoms with Crippen molar-refractivity contribution in [2.45, 2.75) is 18.4 Å². The molecule has 0 saturated carbocycles. The normalized spacial score (nSPS) is 23.4. The van der Waals surface area contributed by atoms with Crippen molar-refractivity contribution in [3.8, 4) is 0 Å². The third-order valence-electron chi connectivity index (χ3n) is 5.03. The molecule has 25 heavy (non-hydrogen) atoms. The van der Waals surface area contributed by atoms with Crippen LogP contribution in [-0.4, -0.2) is 9.85 Å². The van der Waals surface area contributed by atoms with Crippen LogP contribution < -0.4 is 5.32 Å². The zero-order chi connectivity index (χ0) is 17.6. The Hall–Kier alpha value is -3.22. The topological polar surface area (TPSA) is 98.3 Å². The van der Waals surface area contributed by atoms with E-state index in [-0.39, 0.29) is 34.2 Å². The van der Waals surface area contributed by atoms with Crippen LogP contribution in [-0.2, 0) is 0 Å². The quantitative estimate of drug-likeness (QED) is 0.510. The van der Waals surface area contributed by atoms with E-state index in [2.05, 4.69) is 17.5 Å². The minimum absolute atomic E-state index is 0.0343. The maximum atomic E-state index is 11.4. The average molecular weight is 337 g/mol. The molecule has 1 N–H and O–H groups in total. The number of para-hydroxylation sites is 1. The van der Waals surface area contributed by atoms with Gasteiger partial charge in [0.25, 0.3) is 11.4 Å². The molecule has 7 nitrogen and oxygen atoms in total. The molecule has 2 aromatic carbocycles. The number of benzene rings is 2. The highest BCUT2D eigenvalue weighted by molar-refractivity contribution is 5.71. The van der Waals surface area contributed by atoms with Crippen LogP contribution >= 0.6 is 0 Å². The minimum atomic E-state index is -0.432. The predicted octanol–water partition coefficient (Wildman–Crippen LogP) is 4.33. The van der Waals surface area contributed by atoms with Crippen molar-refractivity contribution in [2.24, 2.45) is 5.92 Å². The fourth-order valence-corrected chi connectivity index (χ4v) is 3.89. The van der Waals surface area contributed by atoms with Gasteiger partial charge in [-0.15, -0.1) is 0 Å². The maximum absolute atomic E-state index is 11.4. The largest absolute Gasteiger partial charge is 0.372 e. The Bertz CT molecular complexity index is 892. The number of hydrogen-bond donors (Lipinski definition) is 1. The van der Waals surface area contributed by atoms with Gasteiger partial charge in [-0.1, -0.05) is 36.4 Å². The summed E-state index contributed by atoms with van der Waals surface area (Å²) in [6.45, 7) is 0. The molecule has 7 heteroatoms. The number of nitrogens with zero attached hydrogens (tertiary/aromatic N) is 2. The van der Waals surface area contributed by atoms with Gasteiger partial charge in [0, 0.05) is 24.1 Å². The summed E-state index contributed by atoms with van der Waals surface area (Å²) < 4.78 is 0. The van der Waals surface area contributed by atoms with Crippen LogP contribution in [0, 0.1) is 26.1 Å². The molecular weight excluding hydrogens is 322 g/mol. The van der Waals surface area contributed by atoms with Crippen LogP contribution in [0.3, 0.4) is 0 Å². The van der Waals surface area contributed by atoms with E-state index in [4.69, 9.17) is 0 Å². The molecule has 0 spiro atoms. The van der Waals surface area contributed by atoms with Crippen molar-refractivity contribution in [3.05, 3.63) is 86.0 Å². The molecule has 1 aliphatic carbocycles. The van der Waals surface area contributed by atoms with E-state index in [1.54, 1.807) is 18.2 Å². The molecule has 126 valence electrons. The van der Waals surface area contributed by atoms with Crippen LogP contribution in [0.15, 0.2) is 54.6 Å². The fraction of sp³-hybridized carbons (Fsp3) is 0.222. The zero-order valence-electron chi connectivity index (χ0n) is 13.2. The van der Waals surface area contributed by atoms with Crippen molar-refractivity contribution < 1.29 is 9.85 Å². The molecule has 2 aliphatic rings. The highest BCUT2D eigenvalue weighted by atomic mass is 16.6. The molecule has 0 bridgehead atoms. The van der Waals surface area contributed by atoms with Crippen molar-refractivity contribution >= 4 is 17.1 Å². The number of nitrogens with one attached hydrogen (secondary N) is 1. The van der Waals surface area contributed by atoms with Gasteiger partial charge in [-0.25, -0.2) is 0 Å². The highest BCUT2D eigenvalue weighted by Gasteiger charge is 2.40. The van der Waals surface area contributed by atoms with Gasteiger partial charge < -0.3 is 5.32 Å². The number of nitro groups is 2. The molecule has 0 aromatic heterocycles. The standard InChI is InChI=1S/C18H15N3O4/c22-20(23)12-9-7-11(8-10-12)17-14-4-1-3-13(14)15-5-2-6-16(21(24)25)18(15)19-17/h1-3,5-10,13-14,17,19H,4H2/t13-,14-,17+/m0/s1. The Balaban J connectivity index is 1.78. The first-order chi connectivity index (χ1) is 12.1. The lowest BCUT2D eigenvalue weighted by molar-refractivity contribution is -0.384. The van der Waals surface area contributed by atoms with Crippen LogP contribution in [0.5, 0.6) is 0 Å². The molecule has 0 fully saturated rings. The third-order valence-corrected chi connectivity index (χ3v) is 5.03. The van der Waals surface area contributed by atoms with Crippen LogP contribution in [0.2, 0.25) is 0 Å². The first-order valence-electron chi connectivity index (χ1n) is 8.01. The van der Waals surface area contributed by atoms with Crippen LogP contribution in [0.25, 0.3) is 0 Å². The van der Waals surface area contributed by atoms with Crippen LogP contribution in [0.4, 0.5) is 17.1 Å². The molecule has 2 aromatic rings. The average Bonchev–Trinajstić information content (AvgIpc) is 3.10. The summed E-state index contributed by atoms with van der Waals surface area (Å²) in [4.78, 5) is 21.5. The van der Waals surface area contributed by atoms with Crippen molar-refractivity contribution in [3.63, 3.8) is 0 Å². The van der Waals surface area contributed by atoms with Crippen molar-refractivity contribution in [2.75, 3.05) is 5.32 Å². The monoisotopic (exact) mass is 337 g/mol. The number of non-ortho nitro benzene ring substituents is 1. The maximum Gasteiger partial charge on any atom is 0.292 e. The summed E-state index contributed by atoms with van der Waals surface area (Å²) in [5.74, 6) is 0.340. The predicted molar refractivity (Wildman–Crippen MR) is 92.5 cm³/mol. The molecular formula is C18H15N3O4. The summed E-state index contributed by atoms with van der Waals surface area (Å²) in [5.41, 5.74) is 2.47. The number of fused-ring (bicyclic) bond motifs is 3. The van der Waals surface area contributed by atoms with Gasteiger partial charge in [0.15, 0.2) is 0 Å². The van der Waals surface area contributed by atoms with Gasteiger partial charge in [-0.3, -0.25) is 20.2 Å². The number of anilines is 1. The van der Waals surface area contributed by atoms with E-state index in [9.17, 15) is 20.2 Å². The molecule has 3 atom stereocenters. The van der Waals surface area contributed by atoms with Crippen LogP contribution in [0.1, 0.15) is 29.5 Å². The number of rotatable bonds is 3. The lowest BCUT2D eigenvalue weighted by atomic mass is 9.77. The second-order valence-electron chi connectivity index (χ2n) is 6.32. The molecule has 4 rings (SSSR count). The summed E-state index contributed by atoms with van der Waals surface area (Å²) in [6, 6.07) is 11.4.